The molecule has 0 aromatic heterocycles. The first-order chi connectivity index (χ1) is 13.5. The van der Waals surface area contributed by atoms with Crippen molar-refractivity contribution in [3.8, 4) is 0 Å². The van der Waals surface area contributed by atoms with Gasteiger partial charge < -0.3 is 9.80 Å². The molecule has 2 aliphatic rings. The Morgan fingerprint density at radius 3 is 2.71 bits per heavy atom. The molecule has 2 amide bonds. The van der Waals surface area contributed by atoms with Crippen molar-refractivity contribution in [3.05, 3.63) is 70.1 Å². The van der Waals surface area contributed by atoms with Crippen LogP contribution in [0.25, 0.3) is 0 Å². The lowest BCUT2D eigenvalue weighted by molar-refractivity contribution is -0.126. The molecule has 2 aromatic rings. The highest BCUT2D eigenvalue weighted by Gasteiger charge is 2.31. The molecule has 2 aliphatic heterocycles. The van der Waals surface area contributed by atoms with Gasteiger partial charge in [-0.2, -0.15) is 0 Å². The summed E-state index contributed by atoms with van der Waals surface area (Å²) in [4.78, 5) is 31.0. The van der Waals surface area contributed by atoms with Crippen LogP contribution in [0.15, 0.2) is 64.4 Å². The van der Waals surface area contributed by atoms with Crippen molar-refractivity contribution in [3.63, 3.8) is 0 Å². The van der Waals surface area contributed by atoms with Crippen LogP contribution in [0.5, 0.6) is 0 Å². The highest BCUT2D eigenvalue weighted by atomic mass is 35.5. The van der Waals surface area contributed by atoms with Gasteiger partial charge in [0.1, 0.15) is 0 Å². The average Bonchev–Trinajstić information content (AvgIpc) is 3.12. The molecule has 2 heterocycles. The van der Waals surface area contributed by atoms with Gasteiger partial charge in [-0.05, 0) is 43.5 Å². The third kappa shape index (κ3) is 3.69. The fourth-order valence-corrected chi connectivity index (χ4v) is 4.89. The number of halogens is 1. The van der Waals surface area contributed by atoms with Gasteiger partial charge in [0.05, 0.1) is 17.1 Å². The minimum absolute atomic E-state index is 0.0853. The molecule has 0 spiro atoms. The highest BCUT2D eigenvalue weighted by Crippen LogP contribution is 2.42. The summed E-state index contributed by atoms with van der Waals surface area (Å²) in [6.45, 7) is 3.17. The molecular weight excluding hydrogens is 392 g/mol. The monoisotopic (exact) mass is 412 g/mol. The second-order valence-electron chi connectivity index (χ2n) is 7.08. The second kappa shape index (κ2) is 8.02. The smallest absolute Gasteiger partial charge is 0.265 e. The lowest BCUT2D eigenvalue weighted by Gasteiger charge is -2.31. The van der Waals surface area contributed by atoms with Crippen molar-refractivity contribution >= 4 is 40.9 Å². The van der Waals surface area contributed by atoms with E-state index in [-0.39, 0.29) is 17.9 Å². The van der Waals surface area contributed by atoms with Crippen LogP contribution in [0.4, 0.5) is 5.69 Å². The van der Waals surface area contributed by atoms with E-state index < -0.39 is 0 Å². The Kier molecular flexibility index (Phi) is 5.47. The number of rotatable bonds is 3. The Labute approximate surface area is 174 Å². The predicted molar refractivity (Wildman–Crippen MR) is 113 cm³/mol. The van der Waals surface area contributed by atoms with Crippen molar-refractivity contribution in [2.45, 2.75) is 37.2 Å². The lowest BCUT2D eigenvalue weighted by atomic mass is 10.1. The zero-order chi connectivity index (χ0) is 19.7. The molecule has 1 saturated heterocycles. The number of para-hydroxylation sites is 1. The molecule has 0 bridgehead atoms. The number of fused-ring (bicyclic) bond motifs is 1. The van der Waals surface area contributed by atoms with E-state index in [2.05, 4.69) is 6.92 Å². The molecule has 4 rings (SSSR count). The molecule has 0 N–H and O–H groups in total. The maximum absolute atomic E-state index is 13.3. The average molecular weight is 413 g/mol. The van der Waals surface area contributed by atoms with Crippen molar-refractivity contribution in [2.75, 3.05) is 11.4 Å². The number of thioether (sulfide) groups is 1. The summed E-state index contributed by atoms with van der Waals surface area (Å²) < 4.78 is 0. The highest BCUT2D eigenvalue weighted by molar-refractivity contribution is 8.04. The van der Waals surface area contributed by atoms with E-state index in [1.165, 1.54) is 17.8 Å². The summed E-state index contributed by atoms with van der Waals surface area (Å²) in [6.07, 6.45) is 3.53. The number of carbonyl (C=O) groups excluding carboxylic acids is 2. The Bertz CT molecular complexity index is 959. The van der Waals surface area contributed by atoms with Crippen molar-refractivity contribution < 1.29 is 9.59 Å². The standard InChI is InChI=1S/C22H21ClN2O2S/c1-15-7-6-12-24(15)21(26)13-20-22(27)25(14-16-8-2-3-9-17(16)23)18-10-4-5-11-19(18)28-20/h2-5,8-11,13,15H,6-7,12,14H2,1H3. The number of nitrogens with zero attached hydrogens (tertiary/aromatic N) is 2. The maximum atomic E-state index is 13.3. The Hall–Kier alpha value is -2.24. The van der Waals surface area contributed by atoms with Gasteiger partial charge in [-0.25, -0.2) is 0 Å². The first-order valence-electron chi connectivity index (χ1n) is 9.39. The molecule has 6 heteroatoms. The predicted octanol–water partition coefficient (Wildman–Crippen LogP) is 4.87. The van der Waals surface area contributed by atoms with Crippen LogP contribution in [0.1, 0.15) is 25.3 Å². The Morgan fingerprint density at radius 1 is 1.21 bits per heavy atom. The van der Waals surface area contributed by atoms with Gasteiger partial charge >= 0.3 is 0 Å². The minimum atomic E-state index is -0.163. The van der Waals surface area contributed by atoms with Crippen LogP contribution < -0.4 is 4.90 Å². The fraction of sp³-hybridized carbons (Fsp3) is 0.273. The van der Waals surface area contributed by atoms with Gasteiger partial charge in [0.15, 0.2) is 0 Å². The number of likely N-dealkylation sites (tertiary alicyclic amines) is 1. The molecular formula is C22H21ClN2O2S. The zero-order valence-electron chi connectivity index (χ0n) is 15.6. The fourth-order valence-electron chi connectivity index (χ4n) is 3.67. The number of anilines is 1. The molecule has 1 fully saturated rings. The molecule has 144 valence electrons. The second-order valence-corrected chi connectivity index (χ2v) is 8.57. The van der Waals surface area contributed by atoms with Crippen LogP contribution in [0, 0.1) is 0 Å². The molecule has 28 heavy (non-hydrogen) atoms. The molecule has 4 nitrogen and oxygen atoms in total. The Morgan fingerprint density at radius 2 is 1.96 bits per heavy atom. The number of benzene rings is 2. The van der Waals surface area contributed by atoms with Gasteiger partial charge in [0, 0.05) is 28.6 Å². The van der Waals surface area contributed by atoms with Gasteiger partial charge in [-0.3, -0.25) is 9.59 Å². The normalized spacial score (nSPS) is 20.6. The summed E-state index contributed by atoms with van der Waals surface area (Å²) in [7, 11) is 0. The van der Waals surface area contributed by atoms with Crippen LogP contribution in [0.2, 0.25) is 5.02 Å². The van der Waals surface area contributed by atoms with Crippen LogP contribution in [-0.2, 0) is 16.1 Å². The van der Waals surface area contributed by atoms with E-state index in [9.17, 15) is 9.59 Å². The zero-order valence-corrected chi connectivity index (χ0v) is 17.2. The van der Waals surface area contributed by atoms with E-state index >= 15 is 0 Å². The van der Waals surface area contributed by atoms with Gasteiger partial charge in [0.25, 0.3) is 5.91 Å². The van der Waals surface area contributed by atoms with Crippen LogP contribution in [-0.4, -0.2) is 29.3 Å². The number of amides is 2. The number of carbonyl (C=O) groups is 2. The van der Waals surface area contributed by atoms with E-state index in [0.29, 0.717) is 16.5 Å². The summed E-state index contributed by atoms with van der Waals surface area (Å²) in [5.74, 6) is -0.248. The van der Waals surface area contributed by atoms with E-state index in [1.807, 2.05) is 53.4 Å². The van der Waals surface area contributed by atoms with Gasteiger partial charge in [0.2, 0.25) is 5.91 Å². The number of hydrogen-bond donors (Lipinski definition) is 0. The van der Waals surface area contributed by atoms with E-state index in [4.69, 9.17) is 11.6 Å². The molecule has 1 atom stereocenters. The maximum Gasteiger partial charge on any atom is 0.265 e. The molecule has 0 radical (unpaired) electrons. The molecule has 0 saturated carbocycles. The van der Waals surface area contributed by atoms with E-state index in [0.717, 1.165) is 35.5 Å². The largest absolute Gasteiger partial charge is 0.336 e. The topological polar surface area (TPSA) is 40.6 Å². The van der Waals surface area contributed by atoms with Gasteiger partial charge in [-0.1, -0.05) is 53.7 Å². The summed E-state index contributed by atoms with van der Waals surface area (Å²) >= 11 is 7.68. The summed E-state index contributed by atoms with van der Waals surface area (Å²) in [5.41, 5.74) is 1.72. The van der Waals surface area contributed by atoms with Crippen molar-refractivity contribution in [2.24, 2.45) is 0 Å². The lowest BCUT2D eigenvalue weighted by Crippen LogP contribution is -2.36. The summed E-state index contributed by atoms with van der Waals surface area (Å²) in [5, 5.41) is 0.624. The van der Waals surface area contributed by atoms with Crippen LogP contribution >= 0.6 is 23.4 Å². The molecule has 2 aromatic carbocycles. The van der Waals surface area contributed by atoms with Crippen molar-refractivity contribution in [1.82, 2.24) is 4.90 Å². The third-order valence-corrected chi connectivity index (χ3v) is 6.66. The minimum Gasteiger partial charge on any atom is -0.336 e. The third-order valence-electron chi connectivity index (χ3n) is 5.21. The molecule has 1 unspecified atom stereocenters. The quantitative estimate of drug-likeness (QED) is 0.675. The van der Waals surface area contributed by atoms with Crippen molar-refractivity contribution in [1.29, 1.82) is 0 Å². The van der Waals surface area contributed by atoms with Gasteiger partial charge in [-0.15, -0.1) is 0 Å². The van der Waals surface area contributed by atoms with E-state index in [1.54, 1.807) is 4.90 Å². The first-order valence-corrected chi connectivity index (χ1v) is 10.6. The first kappa shape index (κ1) is 19.1. The number of hydrogen-bond acceptors (Lipinski definition) is 3. The SMILES string of the molecule is CC1CCCN1C(=O)C=C1Sc2ccccc2N(Cc2ccccc2Cl)C1=O. The van der Waals surface area contributed by atoms with Crippen LogP contribution in [0.3, 0.4) is 0 Å². The summed E-state index contributed by atoms with van der Waals surface area (Å²) in [6, 6.07) is 15.5. The Balaban J connectivity index is 1.68. The molecule has 0 aliphatic carbocycles.